The van der Waals surface area contributed by atoms with Gasteiger partial charge < -0.3 is 19.5 Å². The summed E-state index contributed by atoms with van der Waals surface area (Å²) in [6.07, 6.45) is 2.80. The molecule has 0 bridgehead atoms. The Morgan fingerprint density at radius 3 is 2.28 bits per heavy atom. The van der Waals surface area contributed by atoms with E-state index in [1.807, 2.05) is 12.1 Å². The molecule has 0 aromatic heterocycles. The predicted octanol–water partition coefficient (Wildman–Crippen LogP) is 2.88. The molecule has 0 aliphatic heterocycles. The smallest absolute Gasteiger partial charge is 0.354 e. The first-order valence-corrected chi connectivity index (χ1v) is 9.48. The Labute approximate surface area is 185 Å². The number of benzene rings is 2. The molecule has 0 unspecified atom stereocenters. The molecule has 2 aromatic rings. The van der Waals surface area contributed by atoms with Crippen LogP contribution in [0.5, 0.6) is 11.5 Å². The summed E-state index contributed by atoms with van der Waals surface area (Å²) in [4.78, 5) is 24.4. The van der Waals surface area contributed by atoms with E-state index in [2.05, 4.69) is 5.32 Å². The number of nitrogens with one attached hydrogen (secondary N) is 1. The lowest BCUT2D eigenvalue weighted by Crippen LogP contribution is -2.27. The summed E-state index contributed by atoms with van der Waals surface area (Å²) in [6.45, 7) is 0.619. The van der Waals surface area contributed by atoms with Crippen LogP contribution < -0.4 is 14.8 Å². The van der Waals surface area contributed by atoms with Crippen LogP contribution in [0.15, 0.2) is 59.7 Å². The van der Waals surface area contributed by atoms with Crippen molar-refractivity contribution < 1.29 is 23.8 Å². The van der Waals surface area contributed by atoms with E-state index in [1.165, 1.54) is 38.5 Å². The SMILES string of the molecule is COCCNC(=O)/C(C#N)=C/c1ccc(OC(=O)/C(C#N)=C/c2ccccc2OC)cc1. The molecular weight excluding hydrogens is 410 g/mol. The van der Waals surface area contributed by atoms with Gasteiger partial charge in [0.1, 0.15) is 34.8 Å². The lowest BCUT2D eigenvalue weighted by atomic mass is 10.1. The van der Waals surface area contributed by atoms with Gasteiger partial charge in [-0.3, -0.25) is 4.79 Å². The fraction of sp³-hybridized carbons (Fsp3) is 0.167. The Hall–Kier alpha value is -4.40. The van der Waals surface area contributed by atoms with Crippen molar-refractivity contribution in [2.75, 3.05) is 27.4 Å². The number of hydrogen-bond donors (Lipinski definition) is 1. The molecule has 1 amide bonds. The van der Waals surface area contributed by atoms with Gasteiger partial charge >= 0.3 is 5.97 Å². The lowest BCUT2D eigenvalue weighted by molar-refractivity contribution is -0.129. The number of amides is 1. The normalized spacial score (nSPS) is 11.1. The maximum absolute atomic E-state index is 12.4. The molecule has 0 saturated carbocycles. The standard InChI is InChI=1S/C24H21N3O5/c1-30-12-11-27-23(28)19(15-25)13-17-7-9-21(10-8-17)32-24(29)20(16-26)14-18-5-3-4-6-22(18)31-2/h3-10,13-14H,11-12H2,1-2H3,(H,27,28)/b19-13+,20-14+. The van der Waals surface area contributed by atoms with Gasteiger partial charge in [-0.05, 0) is 35.9 Å². The molecule has 8 heteroatoms. The van der Waals surface area contributed by atoms with Crippen molar-refractivity contribution in [1.82, 2.24) is 5.32 Å². The van der Waals surface area contributed by atoms with E-state index in [4.69, 9.17) is 14.2 Å². The second kappa shape index (κ2) is 12.3. The second-order valence-electron chi connectivity index (χ2n) is 6.29. The number of nitrogens with zero attached hydrogens (tertiary/aromatic N) is 2. The molecule has 1 N–H and O–H groups in total. The summed E-state index contributed by atoms with van der Waals surface area (Å²) in [6, 6.07) is 16.8. The Kier molecular flexibility index (Phi) is 9.20. The van der Waals surface area contributed by atoms with Crippen molar-refractivity contribution in [1.29, 1.82) is 10.5 Å². The number of carbonyl (C=O) groups excluding carboxylic acids is 2. The summed E-state index contributed by atoms with van der Waals surface area (Å²) >= 11 is 0. The summed E-state index contributed by atoms with van der Waals surface area (Å²) in [5, 5.41) is 21.1. The number of rotatable bonds is 9. The third kappa shape index (κ3) is 6.84. The number of para-hydroxylation sites is 1. The maximum Gasteiger partial charge on any atom is 0.354 e. The van der Waals surface area contributed by atoms with Gasteiger partial charge in [0.25, 0.3) is 5.91 Å². The number of esters is 1. The predicted molar refractivity (Wildman–Crippen MR) is 117 cm³/mol. The van der Waals surface area contributed by atoms with E-state index >= 15 is 0 Å². The first kappa shape index (κ1) is 23.9. The number of ether oxygens (including phenoxy) is 3. The molecule has 0 saturated heterocycles. The second-order valence-corrected chi connectivity index (χ2v) is 6.29. The van der Waals surface area contributed by atoms with E-state index in [9.17, 15) is 20.1 Å². The van der Waals surface area contributed by atoms with Crippen LogP contribution in [0.2, 0.25) is 0 Å². The van der Waals surface area contributed by atoms with Crippen molar-refractivity contribution >= 4 is 24.0 Å². The summed E-state index contributed by atoms with van der Waals surface area (Å²) in [7, 11) is 3.00. The third-order valence-corrected chi connectivity index (χ3v) is 4.14. The van der Waals surface area contributed by atoms with Crippen molar-refractivity contribution in [2.24, 2.45) is 0 Å². The molecule has 32 heavy (non-hydrogen) atoms. The molecule has 0 aliphatic rings. The molecular formula is C24H21N3O5. The molecule has 0 radical (unpaired) electrons. The average molecular weight is 431 g/mol. The minimum absolute atomic E-state index is 0.0719. The van der Waals surface area contributed by atoms with E-state index in [1.54, 1.807) is 36.4 Å². The monoisotopic (exact) mass is 431 g/mol. The summed E-state index contributed by atoms with van der Waals surface area (Å²) < 4.78 is 15.3. The van der Waals surface area contributed by atoms with Gasteiger partial charge in [0.2, 0.25) is 0 Å². The molecule has 0 fully saturated rings. The van der Waals surface area contributed by atoms with Crippen molar-refractivity contribution in [3.05, 3.63) is 70.8 Å². The Bertz CT molecular complexity index is 1110. The van der Waals surface area contributed by atoms with Gasteiger partial charge in [-0.15, -0.1) is 0 Å². The van der Waals surface area contributed by atoms with Crippen LogP contribution >= 0.6 is 0 Å². The van der Waals surface area contributed by atoms with Gasteiger partial charge in [0.05, 0.1) is 13.7 Å². The number of hydrogen-bond acceptors (Lipinski definition) is 7. The zero-order chi connectivity index (χ0) is 23.3. The highest BCUT2D eigenvalue weighted by Crippen LogP contribution is 2.21. The Balaban J connectivity index is 2.11. The fourth-order valence-electron chi connectivity index (χ4n) is 2.55. The van der Waals surface area contributed by atoms with Gasteiger partial charge in [0.15, 0.2) is 0 Å². The Morgan fingerprint density at radius 1 is 0.969 bits per heavy atom. The van der Waals surface area contributed by atoms with Crippen LogP contribution in [0.4, 0.5) is 0 Å². The first-order chi connectivity index (χ1) is 15.5. The van der Waals surface area contributed by atoms with Crippen molar-refractivity contribution in [2.45, 2.75) is 0 Å². The summed E-state index contributed by atoms with van der Waals surface area (Å²) in [5.41, 5.74) is 0.862. The maximum atomic E-state index is 12.4. The van der Waals surface area contributed by atoms with Crippen LogP contribution in [-0.2, 0) is 14.3 Å². The van der Waals surface area contributed by atoms with Gasteiger partial charge in [-0.25, -0.2) is 4.79 Å². The van der Waals surface area contributed by atoms with Crippen molar-refractivity contribution in [3.8, 4) is 23.6 Å². The highest BCUT2D eigenvalue weighted by molar-refractivity contribution is 6.02. The first-order valence-electron chi connectivity index (χ1n) is 9.48. The number of nitriles is 2. The van der Waals surface area contributed by atoms with Gasteiger partial charge in [-0.2, -0.15) is 10.5 Å². The number of methoxy groups -OCH3 is 2. The third-order valence-electron chi connectivity index (χ3n) is 4.14. The topological polar surface area (TPSA) is 121 Å². The van der Waals surface area contributed by atoms with Crippen LogP contribution in [0.1, 0.15) is 11.1 Å². The Morgan fingerprint density at radius 2 is 1.66 bits per heavy atom. The molecule has 8 nitrogen and oxygen atoms in total. The minimum Gasteiger partial charge on any atom is -0.496 e. The van der Waals surface area contributed by atoms with Crippen LogP contribution in [0.3, 0.4) is 0 Å². The molecule has 0 atom stereocenters. The van der Waals surface area contributed by atoms with Gasteiger partial charge in [-0.1, -0.05) is 30.3 Å². The zero-order valence-corrected chi connectivity index (χ0v) is 17.6. The average Bonchev–Trinajstić information content (AvgIpc) is 2.82. The largest absolute Gasteiger partial charge is 0.496 e. The van der Waals surface area contributed by atoms with E-state index in [-0.39, 0.29) is 23.4 Å². The van der Waals surface area contributed by atoms with E-state index in [0.29, 0.717) is 23.5 Å². The van der Waals surface area contributed by atoms with Crippen LogP contribution in [-0.4, -0.2) is 39.2 Å². The molecule has 0 spiro atoms. The van der Waals surface area contributed by atoms with Crippen molar-refractivity contribution in [3.63, 3.8) is 0 Å². The molecule has 2 rings (SSSR count). The molecule has 0 heterocycles. The minimum atomic E-state index is -0.822. The van der Waals surface area contributed by atoms with E-state index in [0.717, 1.165) is 0 Å². The van der Waals surface area contributed by atoms with Gasteiger partial charge in [0, 0.05) is 19.2 Å². The highest BCUT2D eigenvalue weighted by Gasteiger charge is 2.14. The van der Waals surface area contributed by atoms with Crippen LogP contribution in [0, 0.1) is 22.7 Å². The fourth-order valence-corrected chi connectivity index (χ4v) is 2.55. The molecule has 2 aromatic carbocycles. The lowest BCUT2D eigenvalue weighted by Gasteiger charge is -2.06. The zero-order valence-electron chi connectivity index (χ0n) is 17.6. The number of carbonyl (C=O) groups is 2. The van der Waals surface area contributed by atoms with Crippen LogP contribution in [0.25, 0.3) is 12.2 Å². The quantitative estimate of drug-likeness (QED) is 0.213. The molecule has 162 valence electrons. The highest BCUT2D eigenvalue weighted by atomic mass is 16.5. The molecule has 0 aliphatic carbocycles. The van der Waals surface area contributed by atoms with E-state index < -0.39 is 11.9 Å². The summed E-state index contributed by atoms with van der Waals surface area (Å²) in [5.74, 6) is -0.614.